The molecule has 0 saturated carbocycles. The largest absolute Gasteiger partial charge is 0.454 e. The number of rotatable bonds is 5. The Hall–Kier alpha value is -0.0700. The monoisotopic (exact) mass is 348 g/mol. The van der Waals surface area contributed by atoms with Crippen molar-refractivity contribution in [2.24, 2.45) is 0 Å². The van der Waals surface area contributed by atoms with E-state index in [0.29, 0.717) is 6.04 Å². The normalized spacial score (nSPS) is 19.4. The van der Waals surface area contributed by atoms with E-state index in [1.807, 2.05) is 12.1 Å². The van der Waals surface area contributed by atoms with Crippen LogP contribution in [0.15, 0.2) is 16.5 Å². The third-order valence-electron chi connectivity index (χ3n) is 3.23. The minimum Gasteiger partial charge on any atom is -0.454 e. The first kappa shape index (κ1) is 13.4. The molecule has 0 spiro atoms. The minimum atomic E-state index is 0.524. The van der Waals surface area contributed by atoms with E-state index < -0.39 is 0 Å². The molecule has 0 bridgehead atoms. The molecule has 0 radical (unpaired) electrons. The fourth-order valence-corrected chi connectivity index (χ4v) is 2.78. The molecule has 3 nitrogen and oxygen atoms in total. The van der Waals surface area contributed by atoms with Crippen LogP contribution in [0.5, 0.6) is 0 Å². The molecule has 96 valence electrons. The number of furan rings is 1. The van der Waals surface area contributed by atoms with Crippen LogP contribution >= 0.6 is 22.6 Å². The number of nitrogens with one attached hydrogen (secondary N) is 1. The van der Waals surface area contributed by atoms with Gasteiger partial charge < -0.3 is 14.6 Å². The van der Waals surface area contributed by atoms with Crippen molar-refractivity contribution in [1.82, 2.24) is 10.2 Å². The molecule has 0 amide bonds. The lowest BCUT2D eigenvalue weighted by Crippen LogP contribution is -2.41. The summed E-state index contributed by atoms with van der Waals surface area (Å²) in [6.07, 6.45) is 4.13. The zero-order valence-electron chi connectivity index (χ0n) is 10.4. The van der Waals surface area contributed by atoms with E-state index >= 15 is 0 Å². The topological polar surface area (TPSA) is 28.4 Å². The van der Waals surface area contributed by atoms with Gasteiger partial charge in [-0.1, -0.05) is 6.42 Å². The summed E-state index contributed by atoms with van der Waals surface area (Å²) in [5, 5.41) is 3.52. The molecular weight excluding hydrogens is 327 g/mol. The Balaban J connectivity index is 1.68. The van der Waals surface area contributed by atoms with Crippen LogP contribution in [-0.4, -0.2) is 30.6 Å². The van der Waals surface area contributed by atoms with Crippen molar-refractivity contribution in [2.75, 3.05) is 19.6 Å². The molecule has 1 saturated heterocycles. The maximum atomic E-state index is 5.53. The fraction of sp³-hybridized carbons (Fsp3) is 0.692. The lowest BCUT2D eigenvalue weighted by atomic mass is 10.1. The summed E-state index contributed by atoms with van der Waals surface area (Å²) in [5.41, 5.74) is 0. The van der Waals surface area contributed by atoms with Crippen LogP contribution in [0.25, 0.3) is 0 Å². The summed E-state index contributed by atoms with van der Waals surface area (Å²) in [4.78, 5) is 2.56. The number of hydrogen-bond donors (Lipinski definition) is 1. The predicted octanol–water partition coefficient (Wildman–Crippen LogP) is 2.85. The van der Waals surface area contributed by atoms with E-state index in [1.165, 1.54) is 32.4 Å². The molecule has 1 fully saturated rings. The van der Waals surface area contributed by atoms with Crippen LogP contribution in [-0.2, 0) is 6.54 Å². The second-order valence-electron chi connectivity index (χ2n) is 4.85. The van der Waals surface area contributed by atoms with Crippen molar-refractivity contribution >= 4 is 22.6 Å². The third-order valence-corrected chi connectivity index (χ3v) is 3.81. The fourth-order valence-electron chi connectivity index (χ4n) is 2.32. The van der Waals surface area contributed by atoms with Gasteiger partial charge in [0.2, 0.25) is 0 Å². The molecule has 2 heterocycles. The van der Waals surface area contributed by atoms with Crippen molar-refractivity contribution in [1.29, 1.82) is 0 Å². The highest BCUT2D eigenvalue weighted by molar-refractivity contribution is 14.1. The smallest absolute Gasteiger partial charge is 0.164 e. The van der Waals surface area contributed by atoms with Crippen molar-refractivity contribution in [3.8, 4) is 0 Å². The summed E-state index contributed by atoms with van der Waals surface area (Å²) >= 11 is 2.20. The predicted molar refractivity (Wildman–Crippen MR) is 78.0 cm³/mol. The van der Waals surface area contributed by atoms with Gasteiger partial charge in [0.05, 0.1) is 6.54 Å². The molecule has 1 unspecified atom stereocenters. The second kappa shape index (κ2) is 6.75. The van der Waals surface area contributed by atoms with Crippen LogP contribution in [0.2, 0.25) is 0 Å². The first-order valence-electron chi connectivity index (χ1n) is 6.44. The highest BCUT2D eigenvalue weighted by Crippen LogP contribution is 2.11. The zero-order valence-corrected chi connectivity index (χ0v) is 12.6. The van der Waals surface area contributed by atoms with Crippen LogP contribution in [0, 0.1) is 3.77 Å². The van der Waals surface area contributed by atoms with Gasteiger partial charge >= 0.3 is 0 Å². The molecule has 0 aromatic carbocycles. The molecule has 17 heavy (non-hydrogen) atoms. The summed E-state index contributed by atoms with van der Waals surface area (Å²) in [7, 11) is 0. The molecule has 1 aromatic heterocycles. The first-order valence-corrected chi connectivity index (χ1v) is 7.52. The molecular formula is C13H21IN2O. The van der Waals surface area contributed by atoms with E-state index in [9.17, 15) is 0 Å². The van der Waals surface area contributed by atoms with Crippen molar-refractivity contribution in [3.05, 3.63) is 21.7 Å². The van der Waals surface area contributed by atoms with Crippen LogP contribution in [0.1, 0.15) is 31.9 Å². The Morgan fingerprint density at radius 1 is 1.35 bits per heavy atom. The molecule has 1 aromatic rings. The van der Waals surface area contributed by atoms with Gasteiger partial charge in [-0.3, -0.25) is 0 Å². The average molecular weight is 348 g/mol. The SMILES string of the molecule is CC(CN1CCCCC1)NCc1ccc(I)o1. The highest BCUT2D eigenvalue weighted by Gasteiger charge is 2.13. The molecule has 1 aliphatic rings. The number of piperidine rings is 1. The molecule has 1 atom stereocenters. The Labute approximate surface area is 117 Å². The Morgan fingerprint density at radius 2 is 2.12 bits per heavy atom. The van der Waals surface area contributed by atoms with Gasteiger partial charge in [0.25, 0.3) is 0 Å². The Kier molecular flexibility index (Phi) is 5.31. The van der Waals surface area contributed by atoms with E-state index in [-0.39, 0.29) is 0 Å². The molecule has 2 rings (SSSR count). The van der Waals surface area contributed by atoms with Gasteiger partial charge in [0, 0.05) is 12.6 Å². The quantitative estimate of drug-likeness (QED) is 0.830. The summed E-state index contributed by atoms with van der Waals surface area (Å²) in [5.74, 6) is 1.03. The van der Waals surface area contributed by atoms with Gasteiger partial charge in [0.15, 0.2) is 3.77 Å². The highest BCUT2D eigenvalue weighted by atomic mass is 127. The molecule has 0 aliphatic carbocycles. The molecule has 4 heteroatoms. The summed E-state index contributed by atoms with van der Waals surface area (Å²) < 4.78 is 6.50. The van der Waals surface area contributed by atoms with E-state index in [1.54, 1.807) is 0 Å². The third kappa shape index (κ3) is 4.60. The average Bonchev–Trinajstić information content (AvgIpc) is 2.74. The van der Waals surface area contributed by atoms with Gasteiger partial charge in [0.1, 0.15) is 5.76 Å². The van der Waals surface area contributed by atoms with E-state index in [2.05, 4.69) is 39.7 Å². The van der Waals surface area contributed by atoms with E-state index in [0.717, 1.165) is 22.6 Å². The van der Waals surface area contributed by atoms with Crippen LogP contribution in [0.4, 0.5) is 0 Å². The molecule has 1 aliphatic heterocycles. The Bertz CT molecular complexity index is 334. The second-order valence-corrected chi connectivity index (χ2v) is 5.91. The van der Waals surface area contributed by atoms with Gasteiger partial charge in [-0.05, 0) is 67.6 Å². The minimum absolute atomic E-state index is 0.524. The maximum Gasteiger partial charge on any atom is 0.164 e. The Morgan fingerprint density at radius 3 is 2.76 bits per heavy atom. The van der Waals surface area contributed by atoms with Crippen LogP contribution in [0.3, 0.4) is 0 Å². The van der Waals surface area contributed by atoms with Gasteiger partial charge in [-0.15, -0.1) is 0 Å². The zero-order chi connectivity index (χ0) is 12.1. The number of nitrogens with zero attached hydrogens (tertiary/aromatic N) is 1. The summed E-state index contributed by atoms with van der Waals surface area (Å²) in [6.45, 7) is 6.77. The molecule has 1 N–H and O–H groups in total. The van der Waals surface area contributed by atoms with Gasteiger partial charge in [-0.2, -0.15) is 0 Å². The van der Waals surface area contributed by atoms with Gasteiger partial charge in [-0.25, -0.2) is 0 Å². The number of likely N-dealkylation sites (tertiary alicyclic amines) is 1. The first-order chi connectivity index (χ1) is 8.24. The lowest BCUT2D eigenvalue weighted by Gasteiger charge is -2.29. The van der Waals surface area contributed by atoms with E-state index in [4.69, 9.17) is 4.42 Å². The number of hydrogen-bond acceptors (Lipinski definition) is 3. The van der Waals surface area contributed by atoms with Crippen molar-refractivity contribution in [3.63, 3.8) is 0 Å². The number of halogens is 1. The van der Waals surface area contributed by atoms with Crippen molar-refractivity contribution in [2.45, 2.75) is 38.8 Å². The standard InChI is InChI=1S/C13H21IN2O/c1-11(10-16-7-3-2-4-8-16)15-9-12-5-6-13(14)17-12/h5-6,11,15H,2-4,7-10H2,1H3. The maximum absolute atomic E-state index is 5.53. The van der Waals surface area contributed by atoms with Crippen LogP contribution < -0.4 is 5.32 Å². The summed E-state index contributed by atoms with van der Waals surface area (Å²) in [6, 6.07) is 4.57. The van der Waals surface area contributed by atoms with Crippen molar-refractivity contribution < 1.29 is 4.42 Å². The lowest BCUT2D eigenvalue weighted by molar-refractivity contribution is 0.207.